The minimum absolute atomic E-state index is 0.159. The minimum atomic E-state index is -0.621. The summed E-state index contributed by atoms with van der Waals surface area (Å²) in [5.41, 5.74) is 0.630. The van der Waals surface area contributed by atoms with E-state index in [1.807, 2.05) is 32.9 Å². The number of hydrogen-bond acceptors (Lipinski definition) is 3. The number of amides is 2. The van der Waals surface area contributed by atoms with Crippen LogP contribution in [0.5, 0.6) is 0 Å². The molecule has 4 nitrogen and oxygen atoms in total. The minimum Gasteiger partial charge on any atom is -0.354 e. The van der Waals surface area contributed by atoms with Gasteiger partial charge >= 0.3 is 0 Å². The number of nitrogens with one attached hydrogen (secondary N) is 1. The lowest BCUT2D eigenvalue weighted by Gasteiger charge is -2.31. The maximum absolute atomic E-state index is 13.3. The van der Waals surface area contributed by atoms with Gasteiger partial charge in [0.15, 0.2) is 0 Å². The van der Waals surface area contributed by atoms with E-state index in [4.69, 9.17) is 34.8 Å². The van der Waals surface area contributed by atoms with Crippen LogP contribution in [0.2, 0.25) is 15.1 Å². The van der Waals surface area contributed by atoms with E-state index in [-0.39, 0.29) is 24.1 Å². The van der Waals surface area contributed by atoms with Crippen molar-refractivity contribution in [2.75, 3.05) is 12.3 Å². The smallest absolute Gasteiger partial charge is 0.242 e. The molecule has 0 heterocycles. The van der Waals surface area contributed by atoms with Gasteiger partial charge in [0.05, 0.1) is 5.75 Å². The van der Waals surface area contributed by atoms with Crippen LogP contribution in [-0.2, 0) is 16.1 Å². The largest absolute Gasteiger partial charge is 0.354 e. The van der Waals surface area contributed by atoms with Crippen LogP contribution in [0.15, 0.2) is 47.4 Å². The van der Waals surface area contributed by atoms with Gasteiger partial charge in [0.1, 0.15) is 6.04 Å². The van der Waals surface area contributed by atoms with Crippen LogP contribution < -0.4 is 5.32 Å². The summed E-state index contributed by atoms with van der Waals surface area (Å²) in [5, 5.41) is 4.51. The van der Waals surface area contributed by atoms with Crippen molar-refractivity contribution in [1.82, 2.24) is 10.2 Å². The Morgan fingerprint density at radius 1 is 1.03 bits per heavy atom. The Morgan fingerprint density at radius 3 is 2.19 bits per heavy atom. The molecule has 0 spiro atoms. The number of carbonyl (C=O) groups is 2. The summed E-state index contributed by atoms with van der Waals surface area (Å²) in [5.74, 6) is 0.147. The zero-order valence-corrected chi connectivity index (χ0v) is 20.9. The zero-order valence-electron chi connectivity index (χ0n) is 17.8. The Labute approximate surface area is 203 Å². The predicted octanol–water partition coefficient (Wildman–Crippen LogP) is 6.32. The molecule has 31 heavy (non-hydrogen) atoms. The van der Waals surface area contributed by atoms with Crippen LogP contribution in [0, 0.1) is 5.92 Å². The molecular formula is C23H27Cl3N2O2S. The quantitative estimate of drug-likeness (QED) is 0.388. The SMILES string of the molecule is CC[C@H](C(=O)NCC(C)C)N(Cc1c(Cl)cccc1Cl)C(=O)CSc1ccc(Cl)cc1. The first-order valence-corrected chi connectivity index (χ1v) is 12.2. The molecule has 0 aliphatic heterocycles. The second kappa shape index (κ2) is 12.6. The molecule has 0 bridgehead atoms. The van der Waals surface area contributed by atoms with Crippen molar-refractivity contribution in [3.8, 4) is 0 Å². The standard InChI is InChI=1S/C23H27Cl3N2O2S/c1-4-21(23(30)27-12-15(2)3)28(13-18-19(25)6-5-7-20(18)26)22(29)14-31-17-10-8-16(24)9-11-17/h5-11,15,21H,4,12-14H2,1-3H3,(H,27,30)/t21-/m1/s1. The summed E-state index contributed by atoms with van der Waals surface area (Å²) in [6.45, 7) is 6.64. The van der Waals surface area contributed by atoms with Gasteiger partial charge in [0.2, 0.25) is 11.8 Å². The number of carbonyl (C=O) groups excluding carboxylic acids is 2. The van der Waals surface area contributed by atoms with E-state index in [9.17, 15) is 9.59 Å². The normalized spacial score (nSPS) is 12.0. The fourth-order valence-electron chi connectivity index (χ4n) is 2.95. The van der Waals surface area contributed by atoms with Crippen molar-refractivity contribution < 1.29 is 9.59 Å². The molecule has 2 rings (SSSR count). The summed E-state index contributed by atoms with van der Waals surface area (Å²) >= 11 is 20.0. The van der Waals surface area contributed by atoms with Gasteiger partial charge in [0.25, 0.3) is 0 Å². The molecule has 2 amide bonds. The molecule has 8 heteroatoms. The molecule has 0 aliphatic rings. The van der Waals surface area contributed by atoms with E-state index in [0.29, 0.717) is 39.5 Å². The van der Waals surface area contributed by atoms with Crippen LogP contribution >= 0.6 is 46.6 Å². The highest BCUT2D eigenvalue weighted by Gasteiger charge is 2.29. The molecule has 2 aromatic carbocycles. The number of benzene rings is 2. The van der Waals surface area contributed by atoms with Crippen LogP contribution in [0.3, 0.4) is 0 Å². The maximum Gasteiger partial charge on any atom is 0.242 e. The lowest BCUT2D eigenvalue weighted by molar-refractivity contribution is -0.139. The molecular weight excluding hydrogens is 475 g/mol. The van der Waals surface area contributed by atoms with E-state index >= 15 is 0 Å². The average molecular weight is 502 g/mol. The van der Waals surface area contributed by atoms with Crippen LogP contribution in [0.1, 0.15) is 32.8 Å². The van der Waals surface area contributed by atoms with E-state index in [1.54, 1.807) is 35.2 Å². The first kappa shape index (κ1) is 25.9. The Balaban J connectivity index is 2.25. The van der Waals surface area contributed by atoms with Crippen molar-refractivity contribution in [1.29, 1.82) is 0 Å². The number of halogens is 3. The topological polar surface area (TPSA) is 49.4 Å². The summed E-state index contributed by atoms with van der Waals surface area (Å²) in [7, 11) is 0. The highest BCUT2D eigenvalue weighted by atomic mass is 35.5. The van der Waals surface area contributed by atoms with E-state index in [1.165, 1.54) is 11.8 Å². The molecule has 0 aromatic heterocycles. The van der Waals surface area contributed by atoms with Crippen LogP contribution in [0.4, 0.5) is 0 Å². The van der Waals surface area contributed by atoms with E-state index in [0.717, 1.165) is 4.90 Å². The number of rotatable bonds is 10. The Morgan fingerprint density at radius 2 is 1.65 bits per heavy atom. The van der Waals surface area contributed by atoms with Gasteiger partial charge in [-0.3, -0.25) is 9.59 Å². The van der Waals surface area contributed by atoms with Crippen molar-refractivity contribution in [2.45, 2.75) is 44.7 Å². The van der Waals surface area contributed by atoms with Gasteiger partial charge in [-0.05, 0) is 48.7 Å². The third-order valence-corrected chi connectivity index (χ3v) is 6.59. The van der Waals surface area contributed by atoms with E-state index < -0.39 is 6.04 Å². The monoisotopic (exact) mass is 500 g/mol. The third kappa shape index (κ3) is 7.90. The lowest BCUT2D eigenvalue weighted by atomic mass is 10.1. The molecule has 1 atom stereocenters. The molecule has 0 unspecified atom stereocenters. The van der Waals surface area contributed by atoms with Gasteiger partial charge in [-0.15, -0.1) is 11.8 Å². The molecule has 2 aromatic rings. The molecule has 0 aliphatic carbocycles. The van der Waals surface area contributed by atoms with Crippen LogP contribution in [-0.4, -0.2) is 35.1 Å². The number of thioether (sulfide) groups is 1. The Kier molecular flexibility index (Phi) is 10.5. The first-order chi connectivity index (χ1) is 14.7. The fraction of sp³-hybridized carbons (Fsp3) is 0.391. The predicted molar refractivity (Wildman–Crippen MR) is 131 cm³/mol. The van der Waals surface area contributed by atoms with Crippen LogP contribution in [0.25, 0.3) is 0 Å². The second-order valence-electron chi connectivity index (χ2n) is 7.53. The molecule has 0 radical (unpaired) electrons. The summed E-state index contributed by atoms with van der Waals surface area (Å²) in [4.78, 5) is 28.7. The molecule has 0 saturated carbocycles. The molecule has 0 saturated heterocycles. The van der Waals surface area contributed by atoms with Gasteiger partial charge in [-0.25, -0.2) is 0 Å². The summed E-state index contributed by atoms with van der Waals surface area (Å²) in [6, 6.07) is 11.9. The highest BCUT2D eigenvalue weighted by Crippen LogP contribution is 2.28. The average Bonchev–Trinajstić information content (AvgIpc) is 2.73. The maximum atomic E-state index is 13.3. The second-order valence-corrected chi connectivity index (χ2v) is 9.83. The first-order valence-electron chi connectivity index (χ1n) is 10.1. The fourth-order valence-corrected chi connectivity index (χ4v) is 4.38. The molecule has 168 valence electrons. The lowest BCUT2D eigenvalue weighted by Crippen LogP contribution is -2.50. The summed E-state index contributed by atoms with van der Waals surface area (Å²) < 4.78 is 0. The van der Waals surface area contributed by atoms with Crippen molar-refractivity contribution in [2.24, 2.45) is 5.92 Å². The third-order valence-electron chi connectivity index (χ3n) is 4.64. The zero-order chi connectivity index (χ0) is 23.0. The Bertz CT molecular complexity index is 871. The Hall–Kier alpha value is -1.40. The van der Waals surface area contributed by atoms with Gasteiger partial charge in [-0.1, -0.05) is 61.6 Å². The van der Waals surface area contributed by atoms with Gasteiger partial charge in [0, 0.05) is 38.6 Å². The van der Waals surface area contributed by atoms with Crippen molar-refractivity contribution >= 4 is 58.4 Å². The van der Waals surface area contributed by atoms with Gasteiger partial charge in [-0.2, -0.15) is 0 Å². The van der Waals surface area contributed by atoms with Crippen molar-refractivity contribution in [3.63, 3.8) is 0 Å². The van der Waals surface area contributed by atoms with Crippen molar-refractivity contribution in [3.05, 3.63) is 63.1 Å². The number of hydrogen-bond donors (Lipinski definition) is 1. The summed E-state index contributed by atoms with van der Waals surface area (Å²) in [6.07, 6.45) is 0.476. The molecule has 1 N–H and O–H groups in total. The molecule has 0 fully saturated rings. The number of nitrogens with zero attached hydrogens (tertiary/aromatic N) is 1. The highest BCUT2D eigenvalue weighted by molar-refractivity contribution is 8.00. The van der Waals surface area contributed by atoms with E-state index in [2.05, 4.69) is 5.32 Å². The van der Waals surface area contributed by atoms with Gasteiger partial charge < -0.3 is 10.2 Å².